The Morgan fingerprint density at radius 2 is 1.87 bits per heavy atom. The van der Waals surface area contributed by atoms with E-state index in [2.05, 4.69) is 10.6 Å². The van der Waals surface area contributed by atoms with E-state index >= 15 is 0 Å². The fraction of sp³-hybridized carbons (Fsp3) is 0.500. The Morgan fingerprint density at radius 1 is 1.26 bits per heavy atom. The van der Waals surface area contributed by atoms with Crippen LogP contribution in [0.4, 0.5) is 24.5 Å². The van der Waals surface area contributed by atoms with Crippen LogP contribution in [0.25, 0.3) is 0 Å². The predicted molar refractivity (Wildman–Crippen MR) is 79.1 cm³/mol. The normalized spacial score (nSPS) is 11.9. The molecule has 0 bridgehead atoms. The molecule has 0 saturated carbocycles. The van der Waals surface area contributed by atoms with Crippen molar-refractivity contribution in [3.05, 3.63) is 33.9 Å². The fourth-order valence-corrected chi connectivity index (χ4v) is 1.80. The maximum absolute atomic E-state index is 12.6. The monoisotopic (exact) mass is 333 g/mol. The number of carbonyl (C=O) groups is 1. The molecule has 0 fully saturated rings. The van der Waals surface area contributed by atoms with E-state index in [1.165, 1.54) is 0 Å². The van der Waals surface area contributed by atoms with E-state index < -0.39 is 27.9 Å². The number of alkyl halides is 3. The quantitative estimate of drug-likeness (QED) is 0.639. The number of nitrogens with zero attached hydrogens (tertiary/aromatic N) is 1. The summed E-state index contributed by atoms with van der Waals surface area (Å²) in [5.74, 6) is -0.264. The number of nitro benzene ring substituents is 1. The lowest BCUT2D eigenvalue weighted by Crippen LogP contribution is -2.41. The summed E-state index contributed by atoms with van der Waals surface area (Å²) in [6.07, 6.45) is -4.62. The first-order chi connectivity index (χ1) is 10.4. The van der Waals surface area contributed by atoms with Gasteiger partial charge in [0, 0.05) is 24.6 Å². The number of hydrogen-bond donors (Lipinski definition) is 2. The minimum Gasteiger partial charge on any atom is -0.379 e. The van der Waals surface area contributed by atoms with Crippen LogP contribution in [0.3, 0.4) is 0 Å². The maximum atomic E-state index is 12.6. The Balaban J connectivity index is 2.77. The third kappa shape index (κ3) is 6.13. The van der Waals surface area contributed by atoms with Crippen LogP contribution in [0.1, 0.15) is 32.8 Å². The average Bonchev–Trinajstić information content (AvgIpc) is 2.35. The van der Waals surface area contributed by atoms with Gasteiger partial charge in [0.25, 0.3) is 5.69 Å². The molecule has 1 amide bonds. The lowest BCUT2D eigenvalue weighted by Gasteiger charge is -2.20. The molecule has 0 radical (unpaired) electrons. The van der Waals surface area contributed by atoms with Crippen LogP contribution in [-0.2, 0) is 11.0 Å². The average molecular weight is 333 g/mol. The van der Waals surface area contributed by atoms with E-state index in [0.717, 1.165) is 12.1 Å². The van der Waals surface area contributed by atoms with E-state index in [1.807, 2.05) is 0 Å². The van der Waals surface area contributed by atoms with Crippen molar-refractivity contribution in [3.63, 3.8) is 0 Å². The molecule has 0 aliphatic carbocycles. The summed E-state index contributed by atoms with van der Waals surface area (Å²) in [6.45, 7) is 5.48. The van der Waals surface area contributed by atoms with Gasteiger partial charge in [-0.2, -0.15) is 13.2 Å². The number of nitro groups is 1. The minimum absolute atomic E-state index is 0.0371. The highest BCUT2D eigenvalue weighted by Gasteiger charge is 2.33. The highest BCUT2D eigenvalue weighted by Crippen LogP contribution is 2.34. The largest absolute Gasteiger partial charge is 0.416 e. The van der Waals surface area contributed by atoms with Crippen molar-refractivity contribution in [2.24, 2.45) is 0 Å². The third-order valence-corrected chi connectivity index (χ3v) is 2.70. The lowest BCUT2D eigenvalue weighted by molar-refractivity contribution is -0.384. The zero-order chi connectivity index (χ0) is 17.8. The van der Waals surface area contributed by atoms with Crippen LogP contribution in [0.15, 0.2) is 18.2 Å². The summed E-state index contributed by atoms with van der Waals surface area (Å²) in [5, 5.41) is 16.2. The number of hydrogen-bond acceptors (Lipinski definition) is 4. The van der Waals surface area contributed by atoms with Crippen LogP contribution in [0, 0.1) is 10.1 Å². The molecule has 0 saturated heterocycles. The topological polar surface area (TPSA) is 84.3 Å². The van der Waals surface area contributed by atoms with Gasteiger partial charge in [-0.3, -0.25) is 14.9 Å². The van der Waals surface area contributed by atoms with Crippen LogP contribution in [-0.4, -0.2) is 22.9 Å². The van der Waals surface area contributed by atoms with Crippen molar-refractivity contribution in [3.8, 4) is 0 Å². The van der Waals surface area contributed by atoms with Crippen LogP contribution in [0.2, 0.25) is 0 Å². The molecule has 0 spiro atoms. The van der Waals surface area contributed by atoms with Crippen molar-refractivity contribution >= 4 is 17.3 Å². The van der Waals surface area contributed by atoms with Gasteiger partial charge in [-0.15, -0.1) is 0 Å². The van der Waals surface area contributed by atoms with Crippen molar-refractivity contribution < 1.29 is 22.9 Å². The molecule has 1 rings (SSSR count). The number of carbonyl (C=O) groups excluding carboxylic acids is 1. The van der Waals surface area contributed by atoms with Gasteiger partial charge < -0.3 is 10.6 Å². The van der Waals surface area contributed by atoms with E-state index in [0.29, 0.717) is 6.07 Å². The number of amides is 1. The molecular weight excluding hydrogens is 315 g/mol. The summed E-state index contributed by atoms with van der Waals surface area (Å²) in [7, 11) is 0. The fourth-order valence-electron chi connectivity index (χ4n) is 1.80. The van der Waals surface area contributed by atoms with Crippen molar-refractivity contribution in [1.29, 1.82) is 0 Å². The molecule has 6 nitrogen and oxygen atoms in total. The molecule has 0 aromatic heterocycles. The Hall–Kier alpha value is -2.32. The second kappa shape index (κ2) is 6.84. The van der Waals surface area contributed by atoms with E-state index in [-0.39, 0.29) is 24.6 Å². The van der Waals surface area contributed by atoms with Gasteiger partial charge in [-0.05, 0) is 32.9 Å². The molecule has 0 atom stereocenters. The van der Waals surface area contributed by atoms with Gasteiger partial charge in [0.15, 0.2) is 0 Å². The first-order valence-corrected chi connectivity index (χ1v) is 6.80. The van der Waals surface area contributed by atoms with E-state index in [9.17, 15) is 28.1 Å². The zero-order valence-electron chi connectivity index (χ0n) is 13.0. The summed E-state index contributed by atoms with van der Waals surface area (Å²) < 4.78 is 37.7. The number of rotatable bonds is 5. The molecule has 0 aliphatic heterocycles. The second-order valence-corrected chi connectivity index (χ2v) is 5.96. The Labute approximate surface area is 131 Å². The summed E-state index contributed by atoms with van der Waals surface area (Å²) in [5.41, 5.74) is -2.25. The van der Waals surface area contributed by atoms with Gasteiger partial charge in [-0.25, -0.2) is 0 Å². The van der Waals surface area contributed by atoms with E-state index in [1.54, 1.807) is 20.8 Å². The summed E-state index contributed by atoms with van der Waals surface area (Å²) in [4.78, 5) is 21.6. The highest BCUT2D eigenvalue weighted by atomic mass is 19.4. The smallest absolute Gasteiger partial charge is 0.379 e. The van der Waals surface area contributed by atoms with Crippen LogP contribution < -0.4 is 10.6 Å². The molecule has 9 heteroatoms. The Bertz CT molecular complexity index is 595. The van der Waals surface area contributed by atoms with Crippen molar-refractivity contribution in [2.75, 3.05) is 11.9 Å². The standard InChI is InChI=1S/C14H18F3N3O3/c1-13(2,3)19-12(21)6-7-18-10-5-4-9(14(15,16)17)8-11(10)20(22)23/h4-5,8,18H,6-7H2,1-3H3,(H,19,21). The van der Waals surface area contributed by atoms with Gasteiger partial charge in [-0.1, -0.05) is 0 Å². The number of halogens is 3. The summed E-state index contributed by atoms with van der Waals surface area (Å²) >= 11 is 0. The molecule has 23 heavy (non-hydrogen) atoms. The molecule has 1 aromatic rings. The molecule has 0 aliphatic rings. The van der Waals surface area contributed by atoms with E-state index in [4.69, 9.17) is 0 Å². The molecule has 128 valence electrons. The van der Waals surface area contributed by atoms with Crippen LogP contribution in [0.5, 0.6) is 0 Å². The number of nitrogens with one attached hydrogen (secondary N) is 2. The van der Waals surface area contributed by atoms with Gasteiger partial charge in [0.05, 0.1) is 10.5 Å². The first kappa shape index (κ1) is 18.7. The van der Waals surface area contributed by atoms with Crippen molar-refractivity contribution in [2.45, 2.75) is 38.9 Å². The molecule has 0 unspecified atom stereocenters. The molecule has 1 aromatic carbocycles. The SMILES string of the molecule is CC(C)(C)NC(=O)CCNc1ccc(C(F)(F)F)cc1[N+](=O)[O-]. The minimum atomic E-state index is -4.66. The third-order valence-electron chi connectivity index (χ3n) is 2.70. The zero-order valence-corrected chi connectivity index (χ0v) is 13.0. The van der Waals surface area contributed by atoms with Gasteiger partial charge >= 0.3 is 6.18 Å². The molecule has 2 N–H and O–H groups in total. The molecular formula is C14H18F3N3O3. The Kier molecular flexibility index (Phi) is 5.57. The lowest BCUT2D eigenvalue weighted by atomic mass is 10.1. The van der Waals surface area contributed by atoms with Gasteiger partial charge in [0.1, 0.15) is 5.69 Å². The Morgan fingerprint density at radius 3 is 2.35 bits per heavy atom. The van der Waals surface area contributed by atoms with Gasteiger partial charge in [0.2, 0.25) is 5.91 Å². The number of benzene rings is 1. The maximum Gasteiger partial charge on any atom is 0.416 e. The van der Waals surface area contributed by atoms with Crippen molar-refractivity contribution in [1.82, 2.24) is 5.32 Å². The molecule has 0 heterocycles. The van der Waals surface area contributed by atoms with Crippen LogP contribution >= 0.6 is 0 Å². The summed E-state index contributed by atoms with van der Waals surface area (Å²) in [6, 6.07) is 2.21. The highest BCUT2D eigenvalue weighted by molar-refractivity contribution is 5.77. The predicted octanol–water partition coefficient (Wildman–Crippen LogP) is 3.33. The first-order valence-electron chi connectivity index (χ1n) is 6.80. The second-order valence-electron chi connectivity index (χ2n) is 5.96. The number of anilines is 1.